The second kappa shape index (κ2) is 5.82. The summed E-state index contributed by atoms with van der Waals surface area (Å²) in [7, 11) is -3.01. The van der Waals surface area contributed by atoms with Crippen LogP contribution < -0.4 is 0 Å². The standard InChI is InChI=1S/C12H16O3S/c1-16(14,15)10-12-8-3-2-6-11(12)7-4-5-9-13/h2-4,6-8,13H,5,9-10H2,1H3. The topological polar surface area (TPSA) is 54.4 Å². The lowest BCUT2D eigenvalue weighted by atomic mass is 10.1. The number of rotatable bonds is 5. The quantitative estimate of drug-likeness (QED) is 0.851. The molecule has 1 N–H and O–H groups in total. The maximum absolute atomic E-state index is 11.2. The van der Waals surface area contributed by atoms with Crippen LogP contribution in [0.15, 0.2) is 30.3 Å². The SMILES string of the molecule is CS(=O)(=O)Cc1ccccc1C=CCCO. The van der Waals surface area contributed by atoms with Crippen LogP contribution in [0.1, 0.15) is 17.5 Å². The molecule has 0 aliphatic carbocycles. The predicted molar refractivity (Wildman–Crippen MR) is 65.7 cm³/mol. The molecule has 0 bridgehead atoms. The summed E-state index contributed by atoms with van der Waals surface area (Å²) in [5.41, 5.74) is 1.68. The third-order valence-corrected chi connectivity index (χ3v) is 2.90. The molecular weight excluding hydrogens is 224 g/mol. The fourth-order valence-corrected chi connectivity index (χ4v) is 2.22. The molecular formula is C12H16O3S. The van der Waals surface area contributed by atoms with Crippen LogP contribution in [0.25, 0.3) is 6.08 Å². The minimum atomic E-state index is -3.01. The Labute approximate surface area is 96.4 Å². The Bertz CT molecular complexity index is 461. The van der Waals surface area contributed by atoms with Gasteiger partial charge in [-0.3, -0.25) is 0 Å². The van der Waals surface area contributed by atoms with E-state index in [-0.39, 0.29) is 12.4 Å². The van der Waals surface area contributed by atoms with Crippen molar-refractivity contribution in [2.24, 2.45) is 0 Å². The number of aliphatic hydroxyl groups is 1. The first-order valence-electron chi connectivity index (χ1n) is 5.06. The minimum absolute atomic E-state index is 0.0483. The van der Waals surface area contributed by atoms with Gasteiger partial charge in [-0.05, 0) is 17.5 Å². The second-order valence-corrected chi connectivity index (χ2v) is 5.82. The van der Waals surface area contributed by atoms with Gasteiger partial charge in [0.05, 0.1) is 5.75 Å². The summed E-state index contributed by atoms with van der Waals surface area (Å²) in [6.07, 6.45) is 5.48. The monoisotopic (exact) mass is 240 g/mol. The Morgan fingerprint density at radius 1 is 1.31 bits per heavy atom. The summed E-state index contributed by atoms with van der Waals surface area (Å²) in [6.45, 7) is 0.102. The van der Waals surface area contributed by atoms with Crippen LogP contribution >= 0.6 is 0 Å². The number of hydrogen-bond acceptors (Lipinski definition) is 3. The highest BCUT2D eigenvalue weighted by Crippen LogP contribution is 2.14. The number of aliphatic hydroxyl groups excluding tert-OH is 1. The summed E-state index contributed by atoms with van der Waals surface area (Å²) in [5.74, 6) is 0.0483. The van der Waals surface area contributed by atoms with Crippen LogP contribution in [-0.4, -0.2) is 26.4 Å². The number of benzene rings is 1. The Morgan fingerprint density at radius 3 is 2.62 bits per heavy atom. The molecule has 0 radical (unpaired) electrons. The van der Waals surface area contributed by atoms with Gasteiger partial charge in [-0.2, -0.15) is 0 Å². The van der Waals surface area contributed by atoms with Gasteiger partial charge in [-0.1, -0.05) is 36.4 Å². The summed E-state index contributed by atoms with van der Waals surface area (Å²) >= 11 is 0. The molecule has 1 aromatic carbocycles. The van der Waals surface area contributed by atoms with Gasteiger partial charge in [0.15, 0.2) is 9.84 Å². The summed E-state index contributed by atoms with van der Waals surface area (Å²) < 4.78 is 22.4. The zero-order valence-electron chi connectivity index (χ0n) is 9.26. The van der Waals surface area contributed by atoms with Crippen molar-refractivity contribution in [3.05, 3.63) is 41.5 Å². The highest BCUT2D eigenvalue weighted by molar-refractivity contribution is 7.89. The third-order valence-electron chi connectivity index (χ3n) is 2.07. The van der Waals surface area contributed by atoms with Crippen LogP contribution in [0.3, 0.4) is 0 Å². The Kier molecular flexibility index (Phi) is 4.71. The average Bonchev–Trinajstić information content (AvgIpc) is 2.19. The van der Waals surface area contributed by atoms with E-state index in [0.717, 1.165) is 11.1 Å². The summed E-state index contributed by atoms with van der Waals surface area (Å²) in [6, 6.07) is 7.36. The molecule has 0 heterocycles. The largest absolute Gasteiger partial charge is 0.396 e. The Morgan fingerprint density at radius 2 is 2.00 bits per heavy atom. The molecule has 1 rings (SSSR count). The van der Waals surface area contributed by atoms with E-state index in [1.54, 1.807) is 6.07 Å². The lowest BCUT2D eigenvalue weighted by molar-refractivity contribution is 0.303. The van der Waals surface area contributed by atoms with Crippen molar-refractivity contribution >= 4 is 15.9 Å². The van der Waals surface area contributed by atoms with E-state index in [0.29, 0.717) is 6.42 Å². The maximum atomic E-state index is 11.2. The van der Waals surface area contributed by atoms with E-state index in [2.05, 4.69) is 0 Å². The molecule has 0 saturated carbocycles. The van der Waals surface area contributed by atoms with Gasteiger partial charge in [-0.15, -0.1) is 0 Å². The van der Waals surface area contributed by atoms with Crippen molar-refractivity contribution in [3.8, 4) is 0 Å². The van der Waals surface area contributed by atoms with E-state index in [9.17, 15) is 8.42 Å². The normalized spacial score (nSPS) is 12.1. The fraction of sp³-hybridized carbons (Fsp3) is 0.333. The molecule has 0 aliphatic rings. The summed E-state index contributed by atoms with van der Waals surface area (Å²) in [4.78, 5) is 0. The van der Waals surface area contributed by atoms with E-state index < -0.39 is 9.84 Å². The maximum Gasteiger partial charge on any atom is 0.151 e. The first-order chi connectivity index (χ1) is 7.53. The molecule has 4 heteroatoms. The predicted octanol–water partition coefficient (Wildman–Crippen LogP) is 1.63. The highest BCUT2D eigenvalue weighted by Gasteiger charge is 2.06. The number of hydrogen-bond donors (Lipinski definition) is 1. The lowest BCUT2D eigenvalue weighted by Crippen LogP contribution is -2.02. The van der Waals surface area contributed by atoms with Gasteiger partial charge in [0.2, 0.25) is 0 Å². The molecule has 0 saturated heterocycles. The molecule has 1 aromatic rings. The molecule has 0 aromatic heterocycles. The number of sulfone groups is 1. The second-order valence-electron chi connectivity index (χ2n) is 3.68. The molecule has 0 aliphatic heterocycles. The van der Waals surface area contributed by atoms with Crippen LogP contribution in [0.4, 0.5) is 0 Å². The Balaban J connectivity index is 2.92. The average molecular weight is 240 g/mol. The van der Waals surface area contributed by atoms with E-state index in [1.165, 1.54) is 6.26 Å². The third kappa shape index (κ3) is 4.59. The molecule has 3 nitrogen and oxygen atoms in total. The van der Waals surface area contributed by atoms with Crippen molar-refractivity contribution in [1.82, 2.24) is 0 Å². The first-order valence-corrected chi connectivity index (χ1v) is 7.12. The van der Waals surface area contributed by atoms with Gasteiger partial charge in [0.25, 0.3) is 0 Å². The minimum Gasteiger partial charge on any atom is -0.396 e. The molecule has 0 atom stereocenters. The van der Waals surface area contributed by atoms with Crippen LogP contribution in [0.5, 0.6) is 0 Å². The van der Waals surface area contributed by atoms with Gasteiger partial charge in [-0.25, -0.2) is 8.42 Å². The fourth-order valence-electron chi connectivity index (χ4n) is 1.40. The van der Waals surface area contributed by atoms with Crippen LogP contribution in [0, 0.1) is 0 Å². The van der Waals surface area contributed by atoms with Crippen molar-refractivity contribution in [2.45, 2.75) is 12.2 Å². The molecule has 0 amide bonds. The van der Waals surface area contributed by atoms with E-state index in [4.69, 9.17) is 5.11 Å². The molecule has 0 fully saturated rings. The first kappa shape index (κ1) is 12.9. The van der Waals surface area contributed by atoms with Crippen LogP contribution in [0.2, 0.25) is 0 Å². The molecule has 0 unspecified atom stereocenters. The molecule has 16 heavy (non-hydrogen) atoms. The van der Waals surface area contributed by atoms with Crippen molar-refractivity contribution in [2.75, 3.05) is 12.9 Å². The van der Waals surface area contributed by atoms with E-state index in [1.807, 2.05) is 30.4 Å². The van der Waals surface area contributed by atoms with Crippen molar-refractivity contribution in [1.29, 1.82) is 0 Å². The molecule has 88 valence electrons. The lowest BCUT2D eigenvalue weighted by Gasteiger charge is -2.04. The van der Waals surface area contributed by atoms with Gasteiger partial charge in [0, 0.05) is 12.9 Å². The Hall–Kier alpha value is -1.13. The molecule has 0 spiro atoms. The van der Waals surface area contributed by atoms with Gasteiger partial charge in [0.1, 0.15) is 0 Å². The van der Waals surface area contributed by atoms with Crippen LogP contribution in [-0.2, 0) is 15.6 Å². The highest BCUT2D eigenvalue weighted by atomic mass is 32.2. The smallest absolute Gasteiger partial charge is 0.151 e. The van der Waals surface area contributed by atoms with Gasteiger partial charge < -0.3 is 5.11 Å². The zero-order valence-corrected chi connectivity index (χ0v) is 10.1. The van der Waals surface area contributed by atoms with E-state index >= 15 is 0 Å². The van der Waals surface area contributed by atoms with Crippen molar-refractivity contribution < 1.29 is 13.5 Å². The zero-order chi connectivity index (χ0) is 12.0. The summed E-state index contributed by atoms with van der Waals surface area (Å²) in [5, 5.41) is 8.65. The van der Waals surface area contributed by atoms with Crippen molar-refractivity contribution in [3.63, 3.8) is 0 Å². The van der Waals surface area contributed by atoms with Gasteiger partial charge >= 0.3 is 0 Å².